The van der Waals surface area contributed by atoms with Crippen LogP contribution in [-0.4, -0.2) is 27.8 Å². The molecule has 0 spiro atoms. The lowest BCUT2D eigenvalue weighted by Gasteiger charge is -2.38. The molecule has 2 aliphatic carbocycles. The number of H-pyrrole nitrogens is 1. The van der Waals surface area contributed by atoms with Crippen LogP contribution in [0, 0.1) is 5.41 Å². The van der Waals surface area contributed by atoms with Gasteiger partial charge in [0.2, 0.25) is 11.8 Å². The van der Waals surface area contributed by atoms with Crippen LogP contribution in [0.5, 0.6) is 0 Å². The Labute approximate surface area is 124 Å². The minimum atomic E-state index is -0.844. The number of aryl methyl sites for hydroxylation is 1. The molecular formula is C15H22N4O2. The van der Waals surface area contributed by atoms with E-state index in [0.717, 1.165) is 37.2 Å². The largest absolute Gasteiger partial charge is 0.352 e. The van der Waals surface area contributed by atoms with Crippen LogP contribution in [-0.2, 0) is 22.6 Å². The Hall–Kier alpha value is -1.85. The molecule has 2 amide bonds. The lowest BCUT2D eigenvalue weighted by atomic mass is 9.67. The molecular weight excluding hydrogens is 268 g/mol. The van der Waals surface area contributed by atoms with Crippen molar-refractivity contribution in [2.75, 3.05) is 0 Å². The van der Waals surface area contributed by atoms with E-state index in [1.54, 1.807) is 6.20 Å². The van der Waals surface area contributed by atoms with Gasteiger partial charge in [-0.05, 0) is 32.1 Å². The van der Waals surface area contributed by atoms with Crippen molar-refractivity contribution in [3.63, 3.8) is 0 Å². The van der Waals surface area contributed by atoms with Crippen molar-refractivity contribution >= 4 is 11.8 Å². The van der Waals surface area contributed by atoms with Crippen LogP contribution >= 0.6 is 0 Å². The average molecular weight is 290 g/mol. The molecule has 6 nitrogen and oxygen atoms in total. The number of carbonyl (C=O) groups is 2. The van der Waals surface area contributed by atoms with Crippen LogP contribution < -0.4 is 10.6 Å². The van der Waals surface area contributed by atoms with Crippen molar-refractivity contribution in [1.82, 2.24) is 20.6 Å². The second kappa shape index (κ2) is 5.50. The lowest BCUT2D eigenvalue weighted by Crippen LogP contribution is -2.55. The van der Waals surface area contributed by atoms with E-state index < -0.39 is 5.41 Å². The number of nitrogens with one attached hydrogen (secondary N) is 3. The highest BCUT2D eigenvalue weighted by Gasteiger charge is 2.51. The lowest BCUT2D eigenvalue weighted by molar-refractivity contribution is -0.149. The molecule has 0 unspecified atom stereocenters. The highest BCUT2D eigenvalue weighted by Crippen LogP contribution is 2.42. The van der Waals surface area contributed by atoms with E-state index in [0.29, 0.717) is 25.4 Å². The molecule has 3 N–H and O–H groups in total. The summed E-state index contributed by atoms with van der Waals surface area (Å²) < 4.78 is 0. The molecule has 2 aliphatic rings. The predicted molar refractivity (Wildman–Crippen MR) is 77.3 cm³/mol. The number of rotatable bonds is 6. The Bertz CT molecular complexity index is 544. The van der Waals surface area contributed by atoms with Gasteiger partial charge in [0, 0.05) is 17.9 Å². The van der Waals surface area contributed by atoms with E-state index in [-0.39, 0.29) is 11.8 Å². The molecule has 2 saturated carbocycles. The second-order valence-corrected chi connectivity index (χ2v) is 6.07. The molecule has 0 aliphatic heterocycles. The fraction of sp³-hybridized carbons (Fsp3) is 0.667. The highest BCUT2D eigenvalue weighted by molar-refractivity contribution is 6.06. The zero-order valence-corrected chi connectivity index (χ0v) is 12.4. The fourth-order valence-electron chi connectivity index (χ4n) is 2.65. The molecule has 3 rings (SSSR count). The summed E-state index contributed by atoms with van der Waals surface area (Å²) in [4.78, 5) is 32.1. The first-order valence-corrected chi connectivity index (χ1v) is 7.76. The molecule has 2 fully saturated rings. The third kappa shape index (κ3) is 2.80. The number of nitrogens with zero attached hydrogens (tertiary/aromatic N) is 1. The average Bonchev–Trinajstić information content (AvgIpc) is 3.10. The van der Waals surface area contributed by atoms with Crippen LogP contribution in [0.15, 0.2) is 6.20 Å². The van der Waals surface area contributed by atoms with Crippen molar-refractivity contribution in [1.29, 1.82) is 0 Å². The summed E-state index contributed by atoms with van der Waals surface area (Å²) in [6, 6.07) is 0.292. The van der Waals surface area contributed by atoms with E-state index >= 15 is 0 Å². The topological polar surface area (TPSA) is 86.9 Å². The first kappa shape index (κ1) is 14.1. The number of hydrogen-bond acceptors (Lipinski definition) is 3. The Morgan fingerprint density at radius 2 is 2.14 bits per heavy atom. The summed E-state index contributed by atoms with van der Waals surface area (Å²) in [5.74, 6) is 0.473. The van der Waals surface area contributed by atoms with Gasteiger partial charge in [-0.15, -0.1) is 0 Å². The first-order valence-electron chi connectivity index (χ1n) is 7.76. The Kier molecular flexibility index (Phi) is 3.69. The summed E-state index contributed by atoms with van der Waals surface area (Å²) in [7, 11) is 0. The van der Waals surface area contributed by atoms with Gasteiger partial charge in [0.1, 0.15) is 11.2 Å². The minimum absolute atomic E-state index is 0.0950. The maximum absolute atomic E-state index is 12.4. The zero-order chi connectivity index (χ0) is 14.9. The molecule has 6 heteroatoms. The first-order chi connectivity index (χ1) is 10.1. The van der Waals surface area contributed by atoms with Crippen molar-refractivity contribution in [2.24, 2.45) is 5.41 Å². The SMILES string of the molecule is CCc1cnc(CNC(=O)C2(C(=O)NC3CC3)CCC2)[nH]1. The molecule has 0 saturated heterocycles. The number of amides is 2. The van der Waals surface area contributed by atoms with Gasteiger partial charge in [-0.1, -0.05) is 13.3 Å². The molecule has 21 heavy (non-hydrogen) atoms. The van der Waals surface area contributed by atoms with Crippen LogP contribution in [0.2, 0.25) is 0 Å². The number of aromatic nitrogens is 2. The summed E-state index contributed by atoms with van der Waals surface area (Å²) >= 11 is 0. The van der Waals surface area contributed by atoms with Gasteiger partial charge < -0.3 is 15.6 Å². The summed E-state index contributed by atoms with van der Waals surface area (Å²) in [6.45, 7) is 2.39. The van der Waals surface area contributed by atoms with Crippen LogP contribution in [0.3, 0.4) is 0 Å². The normalized spacial score (nSPS) is 19.7. The number of hydrogen-bond donors (Lipinski definition) is 3. The second-order valence-electron chi connectivity index (χ2n) is 6.07. The third-order valence-electron chi connectivity index (χ3n) is 4.47. The van der Waals surface area contributed by atoms with Gasteiger partial charge in [-0.2, -0.15) is 0 Å². The molecule has 114 valence electrons. The zero-order valence-electron chi connectivity index (χ0n) is 12.4. The van der Waals surface area contributed by atoms with E-state index in [4.69, 9.17) is 0 Å². The maximum atomic E-state index is 12.4. The van der Waals surface area contributed by atoms with Gasteiger partial charge >= 0.3 is 0 Å². The molecule has 0 bridgehead atoms. The van der Waals surface area contributed by atoms with Gasteiger partial charge in [0.05, 0.1) is 6.54 Å². The standard InChI is InChI=1S/C15H22N4O2/c1-2-10-8-16-12(18-10)9-17-13(20)15(6-3-7-15)14(21)19-11-4-5-11/h8,11H,2-7,9H2,1H3,(H,16,18)(H,17,20)(H,19,21). The van der Waals surface area contributed by atoms with Gasteiger partial charge in [0.15, 0.2) is 0 Å². The molecule has 1 heterocycles. The smallest absolute Gasteiger partial charge is 0.236 e. The predicted octanol–water partition coefficient (Wildman–Crippen LogP) is 1.04. The van der Waals surface area contributed by atoms with E-state index in [1.807, 2.05) is 6.92 Å². The summed E-state index contributed by atoms with van der Waals surface area (Å²) in [6.07, 6.45) is 6.97. The van der Waals surface area contributed by atoms with Gasteiger partial charge in [-0.25, -0.2) is 4.98 Å². The van der Waals surface area contributed by atoms with Crippen LogP contribution in [0.1, 0.15) is 50.5 Å². The van der Waals surface area contributed by atoms with E-state index in [1.165, 1.54) is 0 Å². The molecule has 1 aromatic heterocycles. The Morgan fingerprint density at radius 3 is 2.67 bits per heavy atom. The Balaban J connectivity index is 1.58. The van der Waals surface area contributed by atoms with Crippen molar-refractivity contribution in [2.45, 2.75) is 58.0 Å². The summed E-state index contributed by atoms with van der Waals surface area (Å²) in [5.41, 5.74) is 0.201. The quantitative estimate of drug-likeness (QED) is 0.684. The highest BCUT2D eigenvalue weighted by atomic mass is 16.2. The van der Waals surface area contributed by atoms with E-state index in [2.05, 4.69) is 20.6 Å². The molecule has 0 aromatic carbocycles. The minimum Gasteiger partial charge on any atom is -0.352 e. The van der Waals surface area contributed by atoms with Crippen molar-refractivity contribution in [3.05, 3.63) is 17.7 Å². The molecule has 0 atom stereocenters. The summed E-state index contributed by atoms with van der Waals surface area (Å²) in [5, 5.41) is 5.83. The molecule has 0 radical (unpaired) electrons. The van der Waals surface area contributed by atoms with Crippen molar-refractivity contribution in [3.8, 4) is 0 Å². The number of aromatic amines is 1. The Morgan fingerprint density at radius 1 is 1.38 bits per heavy atom. The van der Waals surface area contributed by atoms with Crippen molar-refractivity contribution < 1.29 is 9.59 Å². The maximum Gasteiger partial charge on any atom is 0.236 e. The monoisotopic (exact) mass is 290 g/mol. The fourth-order valence-corrected chi connectivity index (χ4v) is 2.65. The number of carbonyl (C=O) groups excluding carboxylic acids is 2. The number of imidazole rings is 1. The van der Waals surface area contributed by atoms with Crippen LogP contribution in [0.25, 0.3) is 0 Å². The molecule has 1 aromatic rings. The van der Waals surface area contributed by atoms with Gasteiger partial charge in [0.25, 0.3) is 0 Å². The third-order valence-corrected chi connectivity index (χ3v) is 4.47. The van der Waals surface area contributed by atoms with Crippen LogP contribution in [0.4, 0.5) is 0 Å². The van der Waals surface area contributed by atoms with E-state index in [9.17, 15) is 9.59 Å². The van der Waals surface area contributed by atoms with Gasteiger partial charge in [-0.3, -0.25) is 9.59 Å².